The minimum Gasteiger partial charge on any atom is -0.330 e. The molecule has 96 valence electrons. The highest BCUT2D eigenvalue weighted by Crippen LogP contribution is 2.30. The molecule has 1 aliphatic carbocycles. The molecule has 0 radical (unpaired) electrons. The van der Waals surface area contributed by atoms with E-state index in [0.29, 0.717) is 12.5 Å². The van der Waals surface area contributed by atoms with Crippen molar-refractivity contribution in [2.75, 3.05) is 26.2 Å². The van der Waals surface area contributed by atoms with E-state index in [0.717, 1.165) is 25.6 Å². The zero-order valence-corrected chi connectivity index (χ0v) is 10.9. The van der Waals surface area contributed by atoms with Crippen molar-refractivity contribution in [1.29, 1.82) is 0 Å². The van der Waals surface area contributed by atoms with Gasteiger partial charge in [0.15, 0.2) is 0 Å². The van der Waals surface area contributed by atoms with Gasteiger partial charge in [-0.1, -0.05) is 36.3 Å². The van der Waals surface area contributed by atoms with E-state index in [2.05, 4.69) is 35.1 Å². The van der Waals surface area contributed by atoms with Crippen LogP contribution in [0.5, 0.6) is 0 Å². The molecular weight excluding hydrogens is 220 g/mol. The number of hydrogen-bond donors (Lipinski definition) is 1. The molecule has 2 nitrogen and oxygen atoms in total. The van der Waals surface area contributed by atoms with Crippen LogP contribution >= 0.6 is 0 Å². The summed E-state index contributed by atoms with van der Waals surface area (Å²) >= 11 is 0. The Kier molecular flexibility index (Phi) is 4.81. The highest BCUT2D eigenvalue weighted by atomic mass is 15.1. The third kappa shape index (κ3) is 3.87. The molecule has 1 saturated carbocycles. The lowest BCUT2D eigenvalue weighted by molar-refractivity contribution is 0.276. The summed E-state index contributed by atoms with van der Waals surface area (Å²) in [6.07, 6.45) is 8.18. The summed E-state index contributed by atoms with van der Waals surface area (Å²) in [6, 6.07) is 10.5. The lowest BCUT2D eigenvalue weighted by Crippen LogP contribution is -2.33. The van der Waals surface area contributed by atoms with Gasteiger partial charge in [0.05, 0.1) is 6.54 Å². The van der Waals surface area contributed by atoms with Gasteiger partial charge in [0, 0.05) is 25.6 Å². The average molecular weight is 242 g/mol. The molecule has 0 aliphatic heterocycles. The minimum absolute atomic E-state index is 0.387. The van der Waals surface area contributed by atoms with Crippen molar-refractivity contribution < 1.29 is 0 Å². The number of terminal acetylenes is 1. The number of benzene rings is 1. The van der Waals surface area contributed by atoms with Crippen LogP contribution in [0.25, 0.3) is 0 Å². The summed E-state index contributed by atoms with van der Waals surface area (Å²) in [5.41, 5.74) is 7.23. The summed E-state index contributed by atoms with van der Waals surface area (Å²) < 4.78 is 0. The molecule has 0 amide bonds. The largest absolute Gasteiger partial charge is 0.330 e. The van der Waals surface area contributed by atoms with Crippen LogP contribution in [0.1, 0.15) is 24.3 Å². The van der Waals surface area contributed by atoms with Gasteiger partial charge in [-0.2, -0.15) is 0 Å². The second kappa shape index (κ2) is 6.58. The lowest BCUT2D eigenvalue weighted by Gasteiger charge is -2.25. The van der Waals surface area contributed by atoms with Crippen molar-refractivity contribution in [1.82, 2.24) is 4.90 Å². The van der Waals surface area contributed by atoms with Crippen LogP contribution in [0.2, 0.25) is 0 Å². The van der Waals surface area contributed by atoms with Crippen molar-refractivity contribution in [2.24, 2.45) is 11.7 Å². The smallest absolute Gasteiger partial charge is 0.0599 e. The van der Waals surface area contributed by atoms with E-state index in [-0.39, 0.29) is 0 Å². The summed E-state index contributed by atoms with van der Waals surface area (Å²) in [4.78, 5) is 2.38. The molecule has 18 heavy (non-hydrogen) atoms. The number of nitrogens with two attached hydrogens (primary N) is 1. The van der Waals surface area contributed by atoms with E-state index < -0.39 is 0 Å². The first kappa shape index (κ1) is 13.1. The van der Waals surface area contributed by atoms with Crippen molar-refractivity contribution in [3.05, 3.63) is 35.9 Å². The van der Waals surface area contributed by atoms with E-state index in [9.17, 15) is 0 Å². The van der Waals surface area contributed by atoms with E-state index in [4.69, 9.17) is 12.2 Å². The normalized spacial score (nSPS) is 16.5. The SMILES string of the molecule is C#CCN(CC1CC1)CC(CN)c1ccccc1. The molecule has 2 rings (SSSR count). The molecule has 1 aromatic rings. The van der Waals surface area contributed by atoms with E-state index in [1.165, 1.54) is 18.4 Å². The first-order chi connectivity index (χ1) is 8.83. The molecule has 0 saturated heterocycles. The standard InChI is InChI=1S/C16H22N2/c1-2-10-18(12-14-8-9-14)13-16(11-17)15-6-4-3-5-7-15/h1,3-7,14,16H,8-13,17H2. The minimum atomic E-state index is 0.387. The molecule has 2 N–H and O–H groups in total. The molecule has 0 aromatic heterocycles. The Hall–Kier alpha value is -1.30. The monoisotopic (exact) mass is 242 g/mol. The first-order valence-corrected chi connectivity index (χ1v) is 6.74. The third-order valence-corrected chi connectivity index (χ3v) is 3.56. The van der Waals surface area contributed by atoms with E-state index >= 15 is 0 Å². The molecule has 0 heterocycles. The van der Waals surface area contributed by atoms with Gasteiger partial charge >= 0.3 is 0 Å². The molecule has 1 aromatic carbocycles. The molecule has 0 spiro atoms. The quantitative estimate of drug-likeness (QED) is 0.742. The van der Waals surface area contributed by atoms with Crippen LogP contribution in [0, 0.1) is 18.3 Å². The van der Waals surface area contributed by atoms with Gasteiger partial charge in [-0.3, -0.25) is 4.90 Å². The molecule has 2 heteroatoms. The van der Waals surface area contributed by atoms with Gasteiger partial charge in [0.1, 0.15) is 0 Å². The fourth-order valence-electron chi connectivity index (χ4n) is 2.35. The zero-order valence-electron chi connectivity index (χ0n) is 10.9. The van der Waals surface area contributed by atoms with Crippen molar-refractivity contribution in [3.8, 4) is 12.3 Å². The fraction of sp³-hybridized carbons (Fsp3) is 0.500. The maximum Gasteiger partial charge on any atom is 0.0599 e. The van der Waals surface area contributed by atoms with Crippen molar-refractivity contribution in [2.45, 2.75) is 18.8 Å². The molecule has 1 aliphatic rings. The Morgan fingerprint density at radius 2 is 2.06 bits per heavy atom. The average Bonchev–Trinajstić information content (AvgIpc) is 3.21. The molecule has 0 bridgehead atoms. The van der Waals surface area contributed by atoms with Gasteiger partial charge in [0.2, 0.25) is 0 Å². The van der Waals surface area contributed by atoms with Crippen LogP contribution < -0.4 is 5.73 Å². The van der Waals surface area contributed by atoms with Gasteiger partial charge < -0.3 is 5.73 Å². The van der Waals surface area contributed by atoms with E-state index in [1.807, 2.05) is 6.07 Å². The fourth-order valence-corrected chi connectivity index (χ4v) is 2.35. The third-order valence-electron chi connectivity index (χ3n) is 3.56. The number of nitrogens with zero attached hydrogens (tertiary/aromatic N) is 1. The van der Waals surface area contributed by atoms with Crippen LogP contribution in [0.3, 0.4) is 0 Å². The summed E-state index contributed by atoms with van der Waals surface area (Å²) in [5, 5.41) is 0. The summed E-state index contributed by atoms with van der Waals surface area (Å²) in [7, 11) is 0. The van der Waals surface area contributed by atoms with Crippen molar-refractivity contribution >= 4 is 0 Å². The Labute approximate surface area is 110 Å². The van der Waals surface area contributed by atoms with Crippen LogP contribution in [-0.4, -0.2) is 31.1 Å². The predicted octanol–water partition coefficient (Wildman–Crippen LogP) is 2.07. The van der Waals surface area contributed by atoms with Gasteiger partial charge in [-0.25, -0.2) is 0 Å². The second-order valence-electron chi connectivity index (χ2n) is 5.18. The van der Waals surface area contributed by atoms with Gasteiger partial charge in [-0.15, -0.1) is 6.42 Å². The Balaban J connectivity index is 1.96. The predicted molar refractivity (Wildman–Crippen MR) is 76.2 cm³/mol. The molecule has 1 atom stereocenters. The highest BCUT2D eigenvalue weighted by molar-refractivity contribution is 5.20. The Morgan fingerprint density at radius 1 is 1.33 bits per heavy atom. The maximum absolute atomic E-state index is 5.92. The maximum atomic E-state index is 5.92. The van der Waals surface area contributed by atoms with Gasteiger partial charge in [0.25, 0.3) is 0 Å². The Morgan fingerprint density at radius 3 is 2.61 bits per heavy atom. The highest BCUT2D eigenvalue weighted by Gasteiger charge is 2.25. The van der Waals surface area contributed by atoms with Crippen LogP contribution in [0.15, 0.2) is 30.3 Å². The summed E-state index contributed by atoms with van der Waals surface area (Å²) in [6.45, 7) is 3.52. The van der Waals surface area contributed by atoms with Gasteiger partial charge in [-0.05, 0) is 24.3 Å². The number of rotatable bonds is 7. The topological polar surface area (TPSA) is 29.3 Å². The Bertz CT molecular complexity index is 389. The first-order valence-electron chi connectivity index (χ1n) is 6.74. The zero-order chi connectivity index (χ0) is 12.8. The van der Waals surface area contributed by atoms with Crippen LogP contribution in [0.4, 0.5) is 0 Å². The number of hydrogen-bond acceptors (Lipinski definition) is 2. The van der Waals surface area contributed by atoms with E-state index in [1.54, 1.807) is 0 Å². The molecule has 1 unspecified atom stereocenters. The second-order valence-corrected chi connectivity index (χ2v) is 5.18. The van der Waals surface area contributed by atoms with Crippen LogP contribution in [-0.2, 0) is 0 Å². The lowest BCUT2D eigenvalue weighted by atomic mass is 9.98. The molecule has 1 fully saturated rings. The van der Waals surface area contributed by atoms with Crippen molar-refractivity contribution in [3.63, 3.8) is 0 Å². The molecular formula is C16H22N2. The summed E-state index contributed by atoms with van der Waals surface area (Å²) in [5.74, 6) is 4.02.